The fourth-order valence-electron chi connectivity index (χ4n) is 2.67. The number of carbonyl (C=O) groups is 1. The number of rotatable bonds is 4. The van der Waals surface area contributed by atoms with Crippen LogP contribution < -0.4 is 5.32 Å². The maximum Gasteiger partial charge on any atom is 0.241 e. The zero-order valence-corrected chi connectivity index (χ0v) is 14.4. The van der Waals surface area contributed by atoms with Crippen LogP contribution in [0.5, 0.6) is 0 Å². The molecule has 0 bridgehead atoms. The average molecular weight is 349 g/mol. The van der Waals surface area contributed by atoms with Crippen LogP contribution in [0, 0.1) is 6.92 Å². The van der Waals surface area contributed by atoms with E-state index in [2.05, 4.69) is 10.2 Å². The van der Waals surface area contributed by atoms with Gasteiger partial charge >= 0.3 is 0 Å². The fourth-order valence-corrected chi connectivity index (χ4v) is 3.04. The second kappa shape index (κ2) is 6.91. The predicted molar refractivity (Wildman–Crippen MR) is 95.1 cm³/mol. The SMILES string of the molecule is Cc1ccc(NC(=O)C2CCN2Cc2ccccc2Cl)cc1Cl. The second-order valence-corrected chi connectivity index (χ2v) is 6.63. The largest absolute Gasteiger partial charge is 0.325 e. The summed E-state index contributed by atoms with van der Waals surface area (Å²) in [5.41, 5.74) is 2.77. The highest BCUT2D eigenvalue weighted by molar-refractivity contribution is 6.31. The van der Waals surface area contributed by atoms with Crippen LogP contribution in [-0.4, -0.2) is 23.4 Å². The van der Waals surface area contributed by atoms with E-state index in [9.17, 15) is 4.79 Å². The van der Waals surface area contributed by atoms with Gasteiger partial charge in [-0.25, -0.2) is 0 Å². The van der Waals surface area contributed by atoms with Crippen LogP contribution >= 0.6 is 23.2 Å². The molecule has 1 atom stereocenters. The molecule has 0 radical (unpaired) electrons. The van der Waals surface area contributed by atoms with E-state index >= 15 is 0 Å². The summed E-state index contributed by atoms with van der Waals surface area (Å²) < 4.78 is 0. The zero-order valence-electron chi connectivity index (χ0n) is 12.9. The maximum absolute atomic E-state index is 12.4. The highest BCUT2D eigenvalue weighted by Crippen LogP contribution is 2.26. The van der Waals surface area contributed by atoms with Gasteiger partial charge in [0.05, 0.1) is 6.04 Å². The van der Waals surface area contributed by atoms with Crippen LogP contribution in [0.15, 0.2) is 42.5 Å². The lowest BCUT2D eigenvalue weighted by molar-refractivity contribution is -0.125. The molecule has 0 aromatic heterocycles. The van der Waals surface area contributed by atoms with Crippen LogP contribution in [0.4, 0.5) is 5.69 Å². The molecule has 3 nitrogen and oxygen atoms in total. The third-order valence-electron chi connectivity index (χ3n) is 4.20. The van der Waals surface area contributed by atoms with Crippen molar-refractivity contribution in [1.82, 2.24) is 4.90 Å². The number of carbonyl (C=O) groups excluding carboxylic acids is 1. The number of amides is 1. The van der Waals surface area contributed by atoms with Gasteiger partial charge in [-0.1, -0.05) is 47.5 Å². The van der Waals surface area contributed by atoms with Gasteiger partial charge in [0, 0.05) is 28.8 Å². The highest BCUT2D eigenvalue weighted by Gasteiger charge is 2.34. The van der Waals surface area contributed by atoms with E-state index in [1.165, 1.54) is 0 Å². The second-order valence-electron chi connectivity index (χ2n) is 5.82. The summed E-state index contributed by atoms with van der Waals surface area (Å²) in [6, 6.07) is 13.2. The summed E-state index contributed by atoms with van der Waals surface area (Å²) in [6.07, 6.45) is 0.857. The van der Waals surface area contributed by atoms with Crippen molar-refractivity contribution in [3.05, 3.63) is 63.6 Å². The molecule has 1 heterocycles. The van der Waals surface area contributed by atoms with Gasteiger partial charge in [-0.2, -0.15) is 0 Å². The summed E-state index contributed by atoms with van der Waals surface area (Å²) in [5, 5.41) is 4.34. The minimum absolute atomic E-state index is 0.00298. The van der Waals surface area contributed by atoms with Crippen LogP contribution in [-0.2, 0) is 11.3 Å². The average Bonchev–Trinajstić information content (AvgIpc) is 2.49. The van der Waals surface area contributed by atoms with Crippen molar-refractivity contribution in [2.24, 2.45) is 0 Å². The Kier molecular flexibility index (Phi) is 4.90. The summed E-state index contributed by atoms with van der Waals surface area (Å²) in [5.74, 6) is 0.00298. The Morgan fingerprint density at radius 3 is 2.65 bits per heavy atom. The molecule has 5 heteroatoms. The van der Waals surface area contributed by atoms with Gasteiger partial charge in [-0.3, -0.25) is 9.69 Å². The molecule has 1 aliphatic heterocycles. The van der Waals surface area contributed by atoms with Crippen LogP contribution in [0.2, 0.25) is 10.0 Å². The first-order chi connectivity index (χ1) is 11.0. The van der Waals surface area contributed by atoms with Crippen molar-refractivity contribution >= 4 is 34.8 Å². The number of nitrogens with zero attached hydrogens (tertiary/aromatic N) is 1. The first-order valence-corrected chi connectivity index (χ1v) is 8.34. The fraction of sp³-hybridized carbons (Fsp3) is 0.278. The number of anilines is 1. The lowest BCUT2D eigenvalue weighted by Gasteiger charge is -2.39. The van der Waals surface area contributed by atoms with Crippen LogP contribution in [0.25, 0.3) is 0 Å². The number of hydrogen-bond acceptors (Lipinski definition) is 2. The van der Waals surface area contributed by atoms with E-state index < -0.39 is 0 Å². The molecule has 0 spiro atoms. The van der Waals surface area contributed by atoms with Crippen molar-refractivity contribution in [3.63, 3.8) is 0 Å². The van der Waals surface area contributed by atoms with Gasteiger partial charge in [0.1, 0.15) is 0 Å². The highest BCUT2D eigenvalue weighted by atomic mass is 35.5. The normalized spacial score (nSPS) is 17.6. The van der Waals surface area contributed by atoms with E-state index in [0.29, 0.717) is 11.6 Å². The molecule has 120 valence electrons. The quantitative estimate of drug-likeness (QED) is 0.881. The van der Waals surface area contributed by atoms with Crippen molar-refractivity contribution in [1.29, 1.82) is 0 Å². The van der Waals surface area contributed by atoms with Crippen molar-refractivity contribution in [2.75, 3.05) is 11.9 Å². The Hall–Kier alpha value is -1.55. The zero-order chi connectivity index (χ0) is 16.4. The lowest BCUT2D eigenvalue weighted by Crippen LogP contribution is -2.53. The van der Waals surface area contributed by atoms with E-state index in [4.69, 9.17) is 23.2 Å². The molecular weight excluding hydrogens is 331 g/mol. The molecule has 23 heavy (non-hydrogen) atoms. The number of hydrogen-bond donors (Lipinski definition) is 1. The number of benzene rings is 2. The summed E-state index contributed by atoms with van der Waals surface area (Å²) in [6.45, 7) is 3.52. The standard InChI is InChI=1S/C18H18Cl2N2O/c1-12-6-7-14(10-16(12)20)21-18(23)17-8-9-22(17)11-13-4-2-3-5-15(13)19/h2-7,10,17H,8-9,11H2,1H3,(H,21,23). The number of aryl methyl sites for hydroxylation is 1. The van der Waals surface area contributed by atoms with E-state index in [1.807, 2.05) is 43.3 Å². The Balaban J connectivity index is 1.64. The molecule has 2 aromatic carbocycles. The van der Waals surface area contributed by atoms with E-state index in [-0.39, 0.29) is 11.9 Å². The lowest BCUT2D eigenvalue weighted by atomic mass is 10.0. The van der Waals surface area contributed by atoms with Gasteiger partial charge in [0.25, 0.3) is 0 Å². The number of nitrogens with one attached hydrogen (secondary N) is 1. The molecule has 2 aromatic rings. The Bertz CT molecular complexity index is 733. The van der Waals surface area contributed by atoms with Gasteiger partial charge in [0.15, 0.2) is 0 Å². The Morgan fingerprint density at radius 2 is 2.00 bits per heavy atom. The van der Waals surface area contributed by atoms with Gasteiger partial charge < -0.3 is 5.32 Å². The molecule has 1 fully saturated rings. The first kappa shape index (κ1) is 16.3. The smallest absolute Gasteiger partial charge is 0.241 e. The van der Waals surface area contributed by atoms with Crippen LogP contribution in [0.3, 0.4) is 0 Å². The van der Waals surface area contributed by atoms with Gasteiger partial charge in [0.2, 0.25) is 5.91 Å². The third kappa shape index (κ3) is 3.69. The Labute approximate surface area is 146 Å². The summed E-state index contributed by atoms with van der Waals surface area (Å²) >= 11 is 12.3. The molecule has 1 amide bonds. The molecule has 3 rings (SSSR count). The number of halogens is 2. The minimum atomic E-state index is -0.119. The summed E-state index contributed by atoms with van der Waals surface area (Å²) in [4.78, 5) is 14.6. The molecule has 0 saturated carbocycles. The molecule has 1 N–H and O–H groups in total. The first-order valence-electron chi connectivity index (χ1n) is 7.59. The van der Waals surface area contributed by atoms with Gasteiger partial charge in [-0.15, -0.1) is 0 Å². The topological polar surface area (TPSA) is 32.3 Å². The molecular formula is C18H18Cl2N2O. The van der Waals surface area contributed by atoms with E-state index in [0.717, 1.165) is 34.8 Å². The van der Waals surface area contributed by atoms with E-state index in [1.54, 1.807) is 6.07 Å². The van der Waals surface area contributed by atoms with Gasteiger partial charge in [-0.05, 0) is 42.7 Å². The van der Waals surface area contributed by atoms with Crippen molar-refractivity contribution in [3.8, 4) is 0 Å². The maximum atomic E-state index is 12.4. The molecule has 0 aliphatic carbocycles. The minimum Gasteiger partial charge on any atom is -0.325 e. The molecule has 1 unspecified atom stereocenters. The Morgan fingerprint density at radius 1 is 1.22 bits per heavy atom. The third-order valence-corrected chi connectivity index (χ3v) is 4.98. The van der Waals surface area contributed by atoms with Crippen LogP contribution in [0.1, 0.15) is 17.5 Å². The monoisotopic (exact) mass is 348 g/mol. The van der Waals surface area contributed by atoms with Crippen molar-refractivity contribution in [2.45, 2.75) is 25.9 Å². The molecule has 1 aliphatic rings. The summed E-state index contributed by atoms with van der Waals surface area (Å²) in [7, 11) is 0. The molecule has 1 saturated heterocycles. The van der Waals surface area contributed by atoms with Crippen molar-refractivity contribution < 1.29 is 4.79 Å². The predicted octanol–water partition coefficient (Wildman–Crippen LogP) is 4.51. The number of likely N-dealkylation sites (tertiary alicyclic amines) is 1.